The van der Waals surface area contributed by atoms with E-state index in [0.29, 0.717) is 19.0 Å². The lowest BCUT2D eigenvalue weighted by molar-refractivity contribution is -0.139. The molecule has 0 aromatic heterocycles. The van der Waals surface area contributed by atoms with Crippen LogP contribution in [0.3, 0.4) is 0 Å². The smallest absolute Gasteiger partial charge is 0.317 e. The Balaban J connectivity index is 1.77. The SMILES string of the molecule is CCN(CC(=O)O)C1CC(NC(=O)N(C)Cc2ccc(C(C)C)cc2)C1. The lowest BCUT2D eigenvalue weighted by atomic mass is 9.85. The number of rotatable bonds is 8. The van der Waals surface area contributed by atoms with Gasteiger partial charge >= 0.3 is 12.0 Å². The van der Waals surface area contributed by atoms with Crippen LogP contribution in [0.4, 0.5) is 4.79 Å². The van der Waals surface area contributed by atoms with Crippen LogP contribution in [0.1, 0.15) is 50.7 Å². The van der Waals surface area contributed by atoms with Crippen molar-refractivity contribution in [1.29, 1.82) is 0 Å². The van der Waals surface area contributed by atoms with E-state index in [1.165, 1.54) is 5.56 Å². The van der Waals surface area contributed by atoms with E-state index < -0.39 is 5.97 Å². The maximum absolute atomic E-state index is 12.4. The van der Waals surface area contributed by atoms with E-state index in [1.54, 1.807) is 11.9 Å². The fraction of sp³-hybridized carbons (Fsp3) is 0.600. The summed E-state index contributed by atoms with van der Waals surface area (Å²) in [5, 5.41) is 12.0. The van der Waals surface area contributed by atoms with E-state index >= 15 is 0 Å². The molecule has 1 aromatic rings. The number of hydrogen-bond donors (Lipinski definition) is 2. The van der Waals surface area contributed by atoms with Crippen molar-refractivity contribution in [3.05, 3.63) is 35.4 Å². The summed E-state index contributed by atoms with van der Waals surface area (Å²) in [7, 11) is 1.80. The zero-order valence-electron chi connectivity index (χ0n) is 16.2. The van der Waals surface area contributed by atoms with Gasteiger partial charge in [0.2, 0.25) is 0 Å². The van der Waals surface area contributed by atoms with Crippen molar-refractivity contribution in [3.63, 3.8) is 0 Å². The van der Waals surface area contributed by atoms with E-state index in [0.717, 1.165) is 18.4 Å². The number of nitrogens with zero attached hydrogens (tertiary/aromatic N) is 2. The highest BCUT2D eigenvalue weighted by molar-refractivity contribution is 5.74. The van der Waals surface area contributed by atoms with Gasteiger partial charge in [-0.3, -0.25) is 9.69 Å². The molecular weight excluding hydrogens is 330 g/mol. The number of amides is 2. The predicted octanol–water partition coefficient (Wildman–Crippen LogP) is 2.89. The van der Waals surface area contributed by atoms with Crippen molar-refractivity contribution in [2.45, 2.75) is 58.2 Å². The van der Waals surface area contributed by atoms with Crippen LogP contribution >= 0.6 is 0 Å². The lowest BCUT2D eigenvalue weighted by Crippen LogP contribution is -2.56. The Labute approximate surface area is 156 Å². The number of benzene rings is 1. The van der Waals surface area contributed by atoms with Crippen LogP contribution in [0.25, 0.3) is 0 Å². The molecular formula is C20H31N3O3. The summed E-state index contributed by atoms with van der Waals surface area (Å²) < 4.78 is 0. The summed E-state index contributed by atoms with van der Waals surface area (Å²) in [6.45, 7) is 7.64. The first kappa shape index (κ1) is 20.2. The number of carbonyl (C=O) groups is 2. The van der Waals surface area contributed by atoms with Crippen molar-refractivity contribution in [1.82, 2.24) is 15.1 Å². The van der Waals surface area contributed by atoms with E-state index in [1.807, 2.05) is 11.8 Å². The quantitative estimate of drug-likeness (QED) is 0.747. The molecule has 6 heteroatoms. The van der Waals surface area contributed by atoms with Gasteiger partial charge in [-0.25, -0.2) is 4.79 Å². The molecule has 2 rings (SSSR count). The second kappa shape index (κ2) is 9.03. The molecule has 0 saturated heterocycles. The standard InChI is InChI=1S/C20H31N3O3/c1-5-23(13-19(24)25)18-10-17(11-18)21-20(26)22(4)12-15-6-8-16(9-7-15)14(2)3/h6-9,14,17-18H,5,10-13H2,1-4H3,(H,21,26)(H,24,25). The van der Waals surface area contributed by atoms with Crippen molar-refractivity contribution in [2.24, 2.45) is 0 Å². The monoisotopic (exact) mass is 361 g/mol. The Hall–Kier alpha value is -2.08. The number of carboxylic acid groups (broad SMARTS) is 1. The Kier molecular flexibility index (Phi) is 7.03. The zero-order valence-corrected chi connectivity index (χ0v) is 16.2. The molecule has 2 amide bonds. The van der Waals surface area contributed by atoms with Crippen molar-refractivity contribution < 1.29 is 14.7 Å². The average molecular weight is 361 g/mol. The Bertz CT molecular complexity index is 609. The Morgan fingerprint density at radius 3 is 2.35 bits per heavy atom. The molecule has 1 aliphatic rings. The van der Waals surface area contributed by atoms with Gasteiger partial charge in [0.25, 0.3) is 0 Å². The maximum Gasteiger partial charge on any atom is 0.317 e. The molecule has 0 atom stereocenters. The molecule has 6 nitrogen and oxygen atoms in total. The predicted molar refractivity (Wildman–Crippen MR) is 102 cm³/mol. The molecule has 0 radical (unpaired) electrons. The van der Waals surface area contributed by atoms with Crippen LogP contribution in [0, 0.1) is 0 Å². The highest BCUT2D eigenvalue weighted by Gasteiger charge is 2.35. The number of likely N-dealkylation sites (N-methyl/N-ethyl adjacent to an activating group) is 1. The van der Waals surface area contributed by atoms with Gasteiger partial charge in [0.05, 0.1) is 6.54 Å². The minimum absolute atomic E-state index is 0.0636. The summed E-state index contributed by atoms with van der Waals surface area (Å²) in [5.41, 5.74) is 2.40. The molecule has 1 saturated carbocycles. The van der Waals surface area contributed by atoms with E-state index in [2.05, 4.69) is 43.4 Å². The number of carboxylic acids is 1. The van der Waals surface area contributed by atoms with Gasteiger partial charge in [-0.2, -0.15) is 0 Å². The van der Waals surface area contributed by atoms with Crippen molar-refractivity contribution >= 4 is 12.0 Å². The summed E-state index contributed by atoms with van der Waals surface area (Å²) in [5.74, 6) is -0.303. The molecule has 0 bridgehead atoms. The Morgan fingerprint density at radius 2 is 1.85 bits per heavy atom. The van der Waals surface area contributed by atoms with Crippen LogP contribution in [-0.4, -0.2) is 59.1 Å². The van der Waals surface area contributed by atoms with Crippen LogP contribution in [0.5, 0.6) is 0 Å². The highest BCUT2D eigenvalue weighted by atomic mass is 16.4. The largest absolute Gasteiger partial charge is 0.480 e. The van der Waals surface area contributed by atoms with Crippen molar-refractivity contribution in [3.8, 4) is 0 Å². The van der Waals surface area contributed by atoms with Gasteiger partial charge in [-0.1, -0.05) is 45.0 Å². The lowest BCUT2D eigenvalue weighted by Gasteiger charge is -2.42. The maximum atomic E-state index is 12.4. The molecule has 144 valence electrons. The van der Waals surface area contributed by atoms with Gasteiger partial charge < -0.3 is 15.3 Å². The van der Waals surface area contributed by atoms with Crippen LogP contribution in [0.15, 0.2) is 24.3 Å². The summed E-state index contributed by atoms with van der Waals surface area (Å²) >= 11 is 0. The molecule has 0 heterocycles. The number of aliphatic carboxylic acids is 1. The van der Waals surface area contributed by atoms with Gasteiger partial charge in [0.15, 0.2) is 0 Å². The minimum atomic E-state index is -0.803. The number of urea groups is 1. The summed E-state index contributed by atoms with van der Waals surface area (Å²) in [6, 6.07) is 8.67. The summed E-state index contributed by atoms with van der Waals surface area (Å²) in [4.78, 5) is 26.9. The van der Waals surface area contributed by atoms with Gasteiger partial charge in [-0.15, -0.1) is 0 Å². The topological polar surface area (TPSA) is 72.9 Å². The minimum Gasteiger partial charge on any atom is -0.480 e. The molecule has 0 unspecified atom stereocenters. The second-order valence-corrected chi connectivity index (χ2v) is 7.48. The van der Waals surface area contributed by atoms with Gasteiger partial charge in [-0.05, 0) is 36.4 Å². The van der Waals surface area contributed by atoms with Gasteiger partial charge in [0, 0.05) is 25.7 Å². The van der Waals surface area contributed by atoms with Crippen LogP contribution in [0.2, 0.25) is 0 Å². The molecule has 1 aliphatic carbocycles. The third-order valence-electron chi connectivity index (χ3n) is 5.11. The first-order chi connectivity index (χ1) is 12.3. The average Bonchev–Trinajstić information content (AvgIpc) is 2.55. The first-order valence-corrected chi connectivity index (χ1v) is 9.36. The van der Waals surface area contributed by atoms with Crippen molar-refractivity contribution in [2.75, 3.05) is 20.1 Å². The van der Waals surface area contributed by atoms with Crippen LogP contribution < -0.4 is 5.32 Å². The van der Waals surface area contributed by atoms with E-state index in [9.17, 15) is 9.59 Å². The number of nitrogens with one attached hydrogen (secondary N) is 1. The fourth-order valence-electron chi connectivity index (χ4n) is 3.32. The summed E-state index contributed by atoms with van der Waals surface area (Å²) in [6.07, 6.45) is 1.62. The molecule has 1 aromatic carbocycles. The number of hydrogen-bond acceptors (Lipinski definition) is 3. The Morgan fingerprint density at radius 1 is 1.23 bits per heavy atom. The normalized spacial score (nSPS) is 19.3. The highest BCUT2D eigenvalue weighted by Crippen LogP contribution is 2.25. The molecule has 0 aliphatic heterocycles. The molecule has 2 N–H and O–H groups in total. The molecule has 26 heavy (non-hydrogen) atoms. The third kappa shape index (κ3) is 5.46. The number of carbonyl (C=O) groups excluding carboxylic acids is 1. The van der Waals surface area contributed by atoms with Gasteiger partial charge in [0.1, 0.15) is 0 Å². The van der Waals surface area contributed by atoms with E-state index in [4.69, 9.17) is 5.11 Å². The first-order valence-electron chi connectivity index (χ1n) is 9.36. The second-order valence-electron chi connectivity index (χ2n) is 7.48. The third-order valence-corrected chi connectivity index (χ3v) is 5.11. The zero-order chi connectivity index (χ0) is 19.3. The fourth-order valence-corrected chi connectivity index (χ4v) is 3.32. The van der Waals surface area contributed by atoms with E-state index in [-0.39, 0.29) is 24.7 Å². The van der Waals surface area contributed by atoms with Crippen LogP contribution in [-0.2, 0) is 11.3 Å². The molecule has 1 fully saturated rings. The molecule has 0 spiro atoms.